The van der Waals surface area contributed by atoms with E-state index in [0.717, 1.165) is 44.2 Å². The van der Waals surface area contributed by atoms with E-state index in [2.05, 4.69) is 140 Å². The largest absolute Gasteiger partial charge is 0.246 e. The smallest absolute Gasteiger partial charge is 0.164 e. The molecule has 8 aromatic carbocycles. The van der Waals surface area contributed by atoms with E-state index in [0.29, 0.717) is 17.5 Å². The molecule has 0 aliphatic rings. The van der Waals surface area contributed by atoms with Crippen LogP contribution < -0.4 is 0 Å². The lowest BCUT2D eigenvalue weighted by atomic mass is 9.92. The maximum Gasteiger partial charge on any atom is 0.164 e. The van der Waals surface area contributed by atoms with Crippen LogP contribution in [0.4, 0.5) is 0 Å². The van der Waals surface area contributed by atoms with Crippen LogP contribution in [-0.4, -0.2) is 19.9 Å². The minimum atomic E-state index is 0.623. The van der Waals surface area contributed by atoms with Gasteiger partial charge in [-0.05, 0) is 50.5 Å². The molecule has 0 aliphatic carbocycles. The maximum atomic E-state index is 5.36. The van der Waals surface area contributed by atoms with E-state index >= 15 is 0 Å². The molecule has 11 aromatic rings. The number of pyridine rings is 1. The summed E-state index contributed by atoms with van der Waals surface area (Å²) in [5.74, 6) is 1.91. The highest BCUT2D eigenvalue weighted by Crippen LogP contribution is 2.42. The number of hydrogen-bond acceptors (Lipinski definition) is 5. The summed E-state index contributed by atoms with van der Waals surface area (Å²) in [6.45, 7) is 0. The second-order valence-electron chi connectivity index (χ2n) is 13.0. The molecule has 3 aromatic heterocycles. The molecular formula is C46H26N4S. The van der Waals surface area contributed by atoms with Gasteiger partial charge in [-0.25, -0.2) is 19.9 Å². The Kier molecular flexibility index (Phi) is 6.09. The van der Waals surface area contributed by atoms with Crippen molar-refractivity contribution >= 4 is 74.7 Å². The third-order valence-corrected chi connectivity index (χ3v) is 11.2. The lowest BCUT2D eigenvalue weighted by Crippen LogP contribution is -2.01. The highest BCUT2D eigenvalue weighted by molar-refractivity contribution is 7.26. The van der Waals surface area contributed by atoms with Crippen molar-refractivity contribution in [2.75, 3.05) is 0 Å². The average Bonchev–Trinajstić information content (AvgIpc) is 3.59. The van der Waals surface area contributed by atoms with E-state index in [1.54, 1.807) is 0 Å². The van der Waals surface area contributed by atoms with Crippen LogP contribution in [0.3, 0.4) is 0 Å². The quantitative estimate of drug-likeness (QED) is 0.175. The van der Waals surface area contributed by atoms with Crippen LogP contribution in [0.1, 0.15) is 0 Å². The van der Waals surface area contributed by atoms with Crippen molar-refractivity contribution in [3.05, 3.63) is 158 Å². The Morgan fingerprint density at radius 1 is 0.373 bits per heavy atom. The molecule has 0 saturated carbocycles. The average molecular weight is 667 g/mol. The van der Waals surface area contributed by atoms with Gasteiger partial charge in [0.25, 0.3) is 0 Å². The van der Waals surface area contributed by atoms with Crippen molar-refractivity contribution in [2.24, 2.45) is 0 Å². The van der Waals surface area contributed by atoms with Crippen LogP contribution >= 0.6 is 11.3 Å². The predicted octanol–water partition coefficient (Wildman–Crippen LogP) is 12.4. The minimum Gasteiger partial charge on any atom is -0.246 e. The normalized spacial score (nSPS) is 11.9. The number of fused-ring (bicyclic) bond motifs is 5. The van der Waals surface area contributed by atoms with Gasteiger partial charge in [-0.2, -0.15) is 0 Å². The van der Waals surface area contributed by atoms with Crippen molar-refractivity contribution in [1.82, 2.24) is 19.9 Å². The van der Waals surface area contributed by atoms with Crippen LogP contribution in [0, 0.1) is 0 Å². The predicted molar refractivity (Wildman–Crippen MR) is 213 cm³/mol. The molecule has 0 spiro atoms. The van der Waals surface area contributed by atoms with Gasteiger partial charge in [-0.3, -0.25) is 0 Å². The van der Waals surface area contributed by atoms with Gasteiger partial charge < -0.3 is 0 Å². The highest BCUT2D eigenvalue weighted by atomic mass is 32.1. The van der Waals surface area contributed by atoms with Crippen LogP contribution in [0.2, 0.25) is 0 Å². The monoisotopic (exact) mass is 666 g/mol. The number of hydrogen-bond donors (Lipinski definition) is 0. The first-order chi connectivity index (χ1) is 25.3. The molecule has 0 saturated heterocycles. The molecule has 0 bridgehead atoms. The number of nitrogens with zero attached hydrogens (tertiary/aromatic N) is 4. The second-order valence-corrected chi connectivity index (χ2v) is 14.1. The third kappa shape index (κ3) is 4.38. The van der Waals surface area contributed by atoms with E-state index in [-0.39, 0.29) is 0 Å². The van der Waals surface area contributed by atoms with Gasteiger partial charge >= 0.3 is 0 Å². The molecule has 0 amide bonds. The molecule has 0 radical (unpaired) electrons. The summed E-state index contributed by atoms with van der Waals surface area (Å²) < 4.78 is 2.46. The molecule has 0 atom stereocenters. The summed E-state index contributed by atoms with van der Waals surface area (Å²) in [5.41, 5.74) is 5.85. The number of thiophene rings is 1. The van der Waals surface area contributed by atoms with E-state index in [4.69, 9.17) is 19.9 Å². The molecule has 5 heteroatoms. The van der Waals surface area contributed by atoms with Gasteiger partial charge in [-0.15, -0.1) is 11.3 Å². The Morgan fingerprint density at radius 2 is 0.980 bits per heavy atom. The summed E-state index contributed by atoms with van der Waals surface area (Å²) in [4.78, 5) is 20.8. The van der Waals surface area contributed by atoms with Gasteiger partial charge in [0.2, 0.25) is 0 Å². The number of rotatable bonds is 4. The van der Waals surface area contributed by atoms with Gasteiger partial charge in [0.05, 0.1) is 15.9 Å². The molecule has 3 heterocycles. The number of aromatic nitrogens is 4. The molecule has 4 nitrogen and oxygen atoms in total. The SMILES string of the molecule is c1ccc(-c2nc(-c3cccc(-c4nc5c6ccccc6sc5c5ccccc45)c3)nc(-c3ccc4ccc5cccc6ccc3c4c56)n2)cc1. The van der Waals surface area contributed by atoms with Crippen molar-refractivity contribution in [3.63, 3.8) is 0 Å². The third-order valence-electron chi connectivity index (χ3n) is 10.1. The fourth-order valence-electron chi connectivity index (χ4n) is 7.68. The summed E-state index contributed by atoms with van der Waals surface area (Å²) in [7, 11) is 0. The lowest BCUT2D eigenvalue weighted by Gasteiger charge is -2.14. The van der Waals surface area contributed by atoms with Gasteiger partial charge in [0.15, 0.2) is 17.5 Å². The maximum absolute atomic E-state index is 5.36. The first-order valence-corrected chi connectivity index (χ1v) is 17.9. The Hall–Kier alpha value is -6.56. The molecule has 0 aliphatic heterocycles. The van der Waals surface area contributed by atoms with Gasteiger partial charge in [0, 0.05) is 43.1 Å². The summed E-state index contributed by atoms with van der Waals surface area (Å²) in [6.07, 6.45) is 0. The lowest BCUT2D eigenvalue weighted by molar-refractivity contribution is 1.08. The zero-order valence-corrected chi connectivity index (χ0v) is 28.0. The highest BCUT2D eigenvalue weighted by Gasteiger charge is 2.19. The van der Waals surface area contributed by atoms with Crippen LogP contribution in [0.5, 0.6) is 0 Å². The van der Waals surface area contributed by atoms with Gasteiger partial charge in [-0.1, -0.05) is 140 Å². The van der Waals surface area contributed by atoms with Crippen molar-refractivity contribution < 1.29 is 0 Å². The Labute approximate surface area is 296 Å². The molecule has 236 valence electrons. The molecule has 0 fully saturated rings. The van der Waals surface area contributed by atoms with E-state index in [1.165, 1.54) is 47.1 Å². The van der Waals surface area contributed by atoms with Crippen LogP contribution in [0.15, 0.2) is 158 Å². The van der Waals surface area contributed by atoms with E-state index in [1.807, 2.05) is 29.5 Å². The Balaban J connectivity index is 1.14. The molecule has 11 rings (SSSR count). The molecule has 0 unspecified atom stereocenters. The van der Waals surface area contributed by atoms with Crippen molar-refractivity contribution in [2.45, 2.75) is 0 Å². The summed E-state index contributed by atoms with van der Waals surface area (Å²) in [5, 5.41) is 10.8. The van der Waals surface area contributed by atoms with Crippen molar-refractivity contribution in [3.8, 4) is 45.4 Å². The fraction of sp³-hybridized carbons (Fsp3) is 0. The van der Waals surface area contributed by atoms with Gasteiger partial charge in [0.1, 0.15) is 0 Å². The van der Waals surface area contributed by atoms with Crippen LogP contribution in [-0.2, 0) is 0 Å². The summed E-state index contributed by atoms with van der Waals surface area (Å²) in [6, 6.07) is 55.5. The second kappa shape index (κ2) is 11.0. The zero-order chi connectivity index (χ0) is 33.5. The zero-order valence-electron chi connectivity index (χ0n) is 27.2. The first-order valence-electron chi connectivity index (χ1n) is 17.1. The minimum absolute atomic E-state index is 0.623. The van der Waals surface area contributed by atoms with Crippen LogP contribution in [0.25, 0.3) is 109 Å². The fourth-order valence-corrected chi connectivity index (χ4v) is 8.86. The molecule has 0 N–H and O–H groups in total. The Bertz CT molecular complexity index is 3130. The summed E-state index contributed by atoms with van der Waals surface area (Å²) >= 11 is 1.81. The molecule has 51 heavy (non-hydrogen) atoms. The molecular weight excluding hydrogens is 641 g/mol. The van der Waals surface area contributed by atoms with E-state index < -0.39 is 0 Å². The first kappa shape index (κ1) is 28.3. The topological polar surface area (TPSA) is 51.6 Å². The number of benzene rings is 8. The Morgan fingerprint density at radius 3 is 1.82 bits per heavy atom. The van der Waals surface area contributed by atoms with E-state index in [9.17, 15) is 0 Å². The standard InChI is InChI=1S/C46H26N4S/c1-2-10-30(11-3-1)44-48-45(50-46(49-44)36-25-23-29-21-20-27-12-8-13-28-22-24-33(36)40(29)39(27)28)32-15-9-14-31(26-32)41-34-16-4-5-17-35(34)43-42(47-41)37-18-6-7-19-38(37)51-43/h1-26H. The van der Waals surface area contributed by atoms with Crippen molar-refractivity contribution in [1.29, 1.82) is 0 Å².